The van der Waals surface area contributed by atoms with Crippen LogP contribution in [0.1, 0.15) is 24.8 Å². The number of nitrogens with two attached hydrogens (primary N) is 1. The van der Waals surface area contributed by atoms with E-state index in [1.54, 1.807) is 18.3 Å². The molecule has 3 rings (SSSR count). The molecular weight excluding hydrogens is 302 g/mol. The molecule has 1 aromatic carbocycles. The maximum absolute atomic E-state index is 12.4. The molecule has 0 saturated heterocycles. The molecule has 0 unspecified atom stereocenters. The molecule has 5 nitrogen and oxygen atoms in total. The summed E-state index contributed by atoms with van der Waals surface area (Å²) >= 11 is 0. The second-order valence-electron chi connectivity index (χ2n) is 6.32. The van der Waals surface area contributed by atoms with Crippen molar-refractivity contribution >= 4 is 11.6 Å². The van der Waals surface area contributed by atoms with Crippen LogP contribution in [0, 0.1) is 18.8 Å². The Bertz CT molecular complexity index is 683. The van der Waals surface area contributed by atoms with Crippen LogP contribution < -0.4 is 15.8 Å². The van der Waals surface area contributed by atoms with Gasteiger partial charge in [0.25, 0.3) is 0 Å². The molecule has 1 amide bonds. The lowest BCUT2D eigenvalue weighted by Gasteiger charge is -2.17. The molecular formula is C19H23N3O2. The molecule has 1 aliphatic carbocycles. The third kappa shape index (κ3) is 3.92. The van der Waals surface area contributed by atoms with Crippen molar-refractivity contribution in [2.24, 2.45) is 17.6 Å². The zero-order valence-electron chi connectivity index (χ0n) is 13.9. The lowest BCUT2D eigenvalue weighted by Crippen LogP contribution is -2.29. The summed E-state index contributed by atoms with van der Waals surface area (Å²) in [5.74, 6) is 1.58. The van der Waals surface area contributed by atoms with Gasteiger partial charge in [0.05, 0.1) is 11.9 Å². The fourth-order valence-electron chi connectivity index (χ4n) is 3.14. The number of rotatable bonds is 5. The minimum Gasteiger partial charge on any atom is -0.439 e. The number of carbonyl (C=O) groups excluding carboxylic acids is 1. The van der Waals surface area contributed by atoms with E-state index in [9.17, 15) is 4.79 Å². The van der Waals surface area contributed by atoms with Crippen LogP contribution in [0.3, 0.4) is 0 Å². The third-order valence-electron chi connectivity index (χ3n) is 4.55. The van der Waals surface area contributed by atoms with E-state index < -0.39 is 0 Å². The average molecular weight is 325 g/mol. The van der Waals surface area contributed by atoms with E-state index >= 15 is 0 Å². The van der Waals surface area contributed by atoms with Gasteiger partial charge in [-0.05, 0) is 50.4 Å². The summed E-state index contributed by atoms with van der Waals surface area (Å²) in [5, 5.41) is 2.93. The van der Waals surface area contributed by atoms with Gasteiger partial charge in [0.2, 0.25) is 11.8 Å². The smallest absolute Gasteiger partial charge is 0.227 e. The van der Waals surface area contributed by atoms with Crippen LogP contribution in [0.4, 0.5) is 5.69 Å². The second kappa shape index (κ2) is 7.45. The van der Waals surface area contributed by atoms with Crippen LogP contribution in [0.15, 0.2) is 42.6 Å². The number of hydrogen-bond donors (Lipinski definition) is 2. The van der Waals surface area contributed by atoms with Gasteiger partial charge in [-0.25, -0.2) is 4.98 Å². The molecule has 0 aliphatic heterocycles. The highest BCUT2D eigenvalue weighted by molar-refractivity contribution is 5.92. The van der Waals surface area contributed by atoms with Crippen LogP contribution in [0.2, 0.25) is 0 Å². The van der Waals surface area contributed by atoms with Gasteiger partial charge in [0, 0.05) is 12.0 Å². The van der Waals surface area contributed by atoms with Gasteiger partial charge in [-0.2, -0.15) is 0 Å². The van der Waals surface area contributed by atoms with Gasteiger partial charge in [-0.1, -0.05) is 24.1 Å². The Balaban J connectivity index is 1.60. The Morgan fingerprint density at radius 3 is 2.71 bits per heavy atom. The largest absolute Gasteiger partial charge is 0.439 e. The highest BCUT2D eigenvalue weighted by Gasteiger charge is 2.31. The highest BCUT2D eigenvalue weighted by Crippen LogP contribution is 2.32. The lowest BCUT2D eigenvalue weighted by molar-refractivity contribution is -0.120. The maximum Gasteiger partial charge on any atom is 0.227 e. The van der Waals surface area contributed by atoms with Gasteiger partial charge >= 0.3 is 0 Å². The van der Waals surface area contributed by atoms with Crippen molar-refractivity contribution in [1.82, 2.24) is 4.98 Å². The standard InChI is InChI=1S/C19H23N3O2/c1-13-5-8-16(9-6-13)24-18-10-7-15(12-21-18)22-19(23)17-4-2-3-14(17)11-20/h5-10,12,14,17H,2-4,11,20H2,1H3,(H,22,23)/t14-,17-/m1/s1. The first kappa shape index (κ1) is 16.5. The zero-order chi connectivity index (χ0) is 16.9. The third-order valence-corrected chi connectivity index (χ3v) is 4.55. The van der Waals surface area contributed by atoms with E-state index in [1.807, 2.05) is 31.2 Å². The molecule has 3 N–H and O–H groups in total. The molecule has 126 valence electrons. The Kier molecular flexibility index (Phi) is 5.11. The van der Waals surface area contributed by atoms with Gasteiger partial charge in [0.1, 0.15) is 5.75 Å². The van der Waals surface area contributed by atoms with E-state index in [4.69, 9.17) is 10.5 Å². The molecule has 24 heavy (non-hydrogen) atoms. The number of aromatic nitrogens is 1. The summed E-state index contributed by atoms with van der Waals surface area (Å²) < 4.78 is 5.69. The molecule has 1 heterocycles. The second-order valence-corrected chi connectivity index (χ2v) is 6.32. The fourth-order valence-corrected chi connectivity index (χ4v) is 3.14. The zero-order valence-corrected chi connectivity index (χ0v) is 13.9. The van der Waals surface area contributed by atoms with Gasteiger partial charge in [0.15, 0.2) is 0 Å². The molecule has 1 fully saturated rings. The highest BCUT2D eigenvalue weighted by atomic mass is 16.5. The van der Waals surface area contributed by atoms with Crippen LogP contribution >= 0.6 is 0 Å². The van der Waals surface area contributed by atoms with Crippen molar-refractivity contribution in [1.29, 1.82) is 0 Å². The molecule has 1 aromatic heterocycles. The number of hydrogen-bond acceptors (Lipinski definition) is 4. The minimum atomic E-state index is 0.0125. The number of carbonyl (C=O) groups is 1. The van der Waals surface area contributed by atoms with E-state index in [0.717, 1.165) is 25.0 Å². The predicted octanol–water partition coefficient (Wildman–Crippen LogP) is 3.50. The summed E-state index contributed by atoms with van der Waals surface area (Å²) in [5.41, 5.74) is 7.61. The number of benzene rings is 1. The summed E-state index contributed by atoms with van der Waals surface area (Å²) in [6.07, 6.45) is 4.64. The van der Waals surface area contributed by atoms with Crippen LogP contribution in [-0.4, -0.2) is 17.4 Å². The Labute approximate surface area is 142 Å². The summed E-state index contributed by atoms with van der Waals surface area (Å²) in [6, 6.07) is 11.3. The van der Waals surface area contributed by atoms with Crippen molar-refractivity contribution in [2.45, 2.75) is 26.2 Å². The molecule has 1 aliphatic rings. The van der Waals surface area contributed by atoms with Gasteiger partial charge < -0.3 is 15.8 Å². The molecule has 2 aromatic rings. The Hall–Kier alpha value is -2.40. The van der Waals surface area contributed by atoms with Gasteiger partial charge in [-0.3, -0.25) is 4.79 Å². The summed E-state index contributed by atoms with van der Waals surface area (Å²) in [6.45, 7) is 2.60. The quantitative estimate of drug-likeness (QED) is 0.882. The number of nitrogens with zero attached hydrogens (tertiary/aromatic N) is 1. The van der Waals surface area contributed by atoms with Crippen LogP contribution in [0.25, 0.3) is 0 Å². The van der Waals surface area contributed by atoms with E-state index in [0.29, 0.717) is 24.0 Å². The molecule has 5 heteroatoms. The van der Waals surface area contributed by atoms with Crippen molar-refractivity contribution in [3.05, 3.63) is 48.2 Å². The van der Waals surface area contributed by atoms with Crippen molar-refractivity contribution in [3.63, 3.8) is 0 Å². The molecule has 0 spiro atoms. The van der Waals surface area contributed by atoms with Crippen LogP contribution in [0.5, 0.6) is 11.6 Å². The maximum atomic E-state index is 12.4. The Morgan fingerprint density at radius 1 is 1.25 bits per heavy atom. The van der Waals surface area contributed by atoms with Crippen LogP contribution in [-0.2, 0) is 4.79 Å². The minimum absolute atomic E-state index is 0.0125. The van der Waals surface area contributed by atoms with Crippen molar-refractivity contribution in [3.8, 4) is 11.6 Å². The number of nitrogens with one attached hydrogen (secondary N) is 1. The average Bonchev–Trinajstić information content (AvgIpc) is 3.07. The molecule has 1 saturated carbocycles. The fraction of sp³-hybridized carbons (Fsp3) is 0.368. The number of pyridine rings is 1. The first-order valence-corrected chi connectivity index (χ1v) is 8.37. The SMILES string of the molecule is Cc1ccc(Oc2ccc(NC(=O)[C@@H]3CCC[C@@H]3CN)cn2)cc1. The lowest BCUT2D eigenvalue weighted by atomic mass is 9.95. The molecule has 2 atom stereocenters. The number of aryl methyl sites for hydroxylation is 1. The van der Waals surface area contributed by atoms with E-state index in [2.05, 4.69) is 10.3 Å². The monoisotopic (exact) mass is 325 g/mol. The topological polar surface area (TPSA) is 77.2 Å². The Morgan fingerprint density at radius 2 is 2.04 bits per heavy atom. The predicted molar refractivity (Wildman–Crippen MR) is 94.0 cm³/mol. The van der Waals surface area contributed by atoms with E-state index in [1.165, 1.54) is 5.56 Å². The van der Waals surface area contributed by atoms with Crippen molar-refractivity contribution < 1.29 is 9.53 Å². The molecule has 0 bridgehead atoms. The summed E-state index contributed by atoms with van der Waals surface area (Å²) in [4.78, 5) is 16.6. The molecule has 0 radical (unpaired) electrons. The van der Waals surface area contributed by atoms with Gasteiger partial charge in [-0.15, -0.1) is 0 Å². The summed E-state index contributed by atoms with van der Waals surface area (Å²) in [7, 11) is 0. The van der Waals surface area contributed by atoms with Crippen molar-refractivity contribution in [2.75, 3.05) is 11.9 Å². The normalized spacial score (nSPS) is 19.9. The van der Waals surface area contributed by atoms with E-state index in [-0.39, 0.29) is 11.8 Å². The number of amides is 1. The number of anilines is 1. The first-order chi connectivity index (χ1) is 11.7. The number of ether oxygens (including phenoxy) is 1. The first-order valence-electron chi connectivity index (χ1n) is 8.37.